The van der Waals surface area contributed by atoms with Crippen LogP contribution in [0, 0.1) is 6.92 Å². The zero-order valence-electron chi connectivity index (χ0n) is 18.8. The maximum atomic E-state index is 12.8. The predicted molar refractivity (Wildman–Crippen MR) is 129 cm³/mol. The number of primary amides is 1. The van der Waals surface area contributed by atoms with Gasteiger partial charge < -0.3 is 15.8 Å². The summed E-state index contributed by atoms with van der Waals surface area (Å²) in [6.45, 7) is 4.76. The first-order chi connectivity index (χ1) is 16.0. The van der Waals surface area contributed by atoms with E-state index in [1.54, 1.807) is 48.5 Å². The van der Waals surface area contributed by atoms with E-state index in [9.17, 15) is 9.59 Å². The van der Waals surface area contributed by atoms with Crippen molar-refractivity contribution in [1.29, 1.82) is 0 Å². The molecule has 1 saturated heterocycles. The normalized spacial score (nSPS) is 14.6. The van der Waals surface area contributed by atoms with Gasteiger partial charge in [-0.25, -0.2) is 0 Å². The standard InChI is InChI=1S/C27H29N3O3/c1-19-4-6-20(7-5-19)25(30-16-2-3-17-30)18-29-27(32)22-10-14-24(15-11-22)33-23-12-8-21(9-13-23)26(28)31/h4-15,25H,2-3,16-18H2,1H3,(H2,28,31)(H,29,32). The van der Waals surface area contributed by atoms with Crippen LogP contribution >= 0.6 is 0 Å². The summed E-state index contributed by atoms with van der Waals surface area (Å²) in [5.74, 6) is 0.603. The summed E-state index contributed by atoms with van der Waals surface area (Å²) >= 11 is 0. The van der Waals surface area contributed by atoms with Crippen LogP contribution < -0.4 is 15.8 Å². The summed E-state index contributed by atoms with van der Waals surface area (Å²) < 4.78 is 5.79. The Labute approximate surface area is 194 Å². The van der Waals surface area contributed by atoms with Crippen molar-refractivity contribution < 1.29 is 14.3 Å². The highest BCUT2D eigenvalue weighted by Crippen LogP contribution is 2.25. The molecule has 6 nitrogen and oxygen atoms in total. The minimum Gasteiger partial charge on any atom is -0.457 e. The first-order valence-electron chi connectivity index (χ1n) is 11.3. The molecule has 0 aromatic heterocycles. The number of carbonyl (C=O) groups is 2. The van der Waals surface area contributed by atoms with Gasteiger partial charge in [0.25, 0.3) is 5.91 Å². The van der Waals surface area contributed by atoms with Gasteiger partial charge in [-0.05, 0) is 86.9 Å². The van der Waals surface area contributed by atoms with Gasteiger partial charge in [0.15, 0.2) is 0 Å². The molecule has 2 amide bonds. The second kappa shape index (κ2) is 10.3. The molecule has 1 atom stereocenters. The highest BCUT2D eigenvalue weighted by molar-refractivity contribution is 5.94. The van der Waals surface area contributed by atoms with Gasteiger partial charge in [0.1, 0.15) is 11.5 Å². The van der Waals surface area contributed by atoms with E-state index in [-0.39, 0.29) is 11.9 Å². The van der Waals surface area contributed by atoms with Gasteiger partial charge in [-0.1, -0.05) is 29.8 Å². The Bertz CT molecular complexity index is 1090. The Morgan fingerprint density at radius 3 is 1.97 bits per heavy atom. The van der Waals surface area contributed by atoms with Gasteiger partial charge in [-0.15, -0.1) is 0 Å². The number of likely N-dealkylation sites (tertiary alicyclic amines) is 1. The van der Waals surface area contributed by atoms with Gasteiger partial charge in [0, 0.05) is 17.7 Å². The third-order valence-corrected chi connectivity index (χ3v) is 5.99. The highest BCUT2D eigenvalue weighted by atomic mass is 16.5. The van der Waals surface area contributed by atoms with Crippen LogP contribution in [0.1, 0.15) is 50.7 Å². The third kappa shape index (κ3) is 5.79. The summed E-state index contributed by atoms with van der Waals surface area (Å²) in [6.07, 6.45) is 2.39. The number of nitrogens with two attached hydrogens (primary N) is 1. The topological polar surface area (TPSA) is 84.7 Å². The number of carbonyl (C=O) groups excluding carboxylic acids is 2. The maximum Gasteiger partial charge on any atom is 0.251 e. The lowest BCUT2D eigenvalue weighted by Crippen LogP contribution is -2.36. The van der Waals surface area contributed by atoms with Crippen LogP contribution in [-0.4, -0.2) is 36.3 Å². The minimum absolute atomic E-state index is 0.108. The molecule has 3 aromatic rings. The Hall–Kier alpha value is -3.64. The van der Waals surface area contributed by atoms with E-state index in [1.165, 1.54) is 24.0 Å². The molecular formula is C27H29N3O3. The van der Waals surface area contributed by atoms with Crippen LogP contribution in [0.15, 0.2) is 72.8 Å². The van der Waals surface area contributed by atoms with Gasteiger partial charge in [0.05, 0.1) is 6.04 Å². The molecule has 3 aromatic carbocycles. The predicted octanol–water partition coefficient (Wildman–Crippen LogP) is 4.45. The first kappa shape index (κ1) is 22.6. The second-order valence-corrected chi connectivity index (χ2v) is 8.39. The van der Waals surface area contributed by atoms with E-state index in [1.807, 2.05) is 0 Å². The molecular weight excluding hydrogens is 414 g/mol. The molecule has 0 radical (unpaired) electrons. The van der Waals surface area contributed by atoms with Crippen molar-refractivity contribution in [2.24, 2.45) is 5.73 Å². The number of benzene rings is 3. The Kier molecular flexibility index (Phi) is 7.05. The van der Waals surface area contributed by atoms with Crippen LogP contribution in [0.3, 0.4) is 0 Å². The number of amides is 2. The van der Waals surface area contributed by atoms with Gasteiger partial charge in [-0.2, -0.15) is 0 Å². The Morgan fingerprint density at radius 2 is 1.42 bits per heavy atom. The summed E-state index contributed by atoms with van der Waals surface area (Å²) in [6, 6.07) is 22.4. The molecule has 1 heterocycles. The number of ether oxygens (including phenoxy) is 1. The van der Waals surface area contributed by atoms with E-state index >= 15 is 0 Å². The van der Waals surface area contributed by atoms with E-state index in [0.29, 0.717) is 29.2 Å². The number of nitrogens with one attached hydrogen (secondary N) is 1. The fourth-order valence-corrected chi connectivity index (χ4v) is 4.09. The van der Waals surface area contributed by atoms with Crippen molar-refractivity contribution in [1.82, 2.24) is 10.2 Å². The first-order valence-corrected chi connectivity index (χ1v) is 11.3. The number of aryl methyl sites for hydroxylation is 1. The van der Waals surface area contributed by atoms with E-state index in [4.69, 9.17) is 10.5 Å². The molecule has 1 aliphatic rings. The fraction of sp³-hybridized carbons (Fsp3) is 0.259. The van der Waals surface area contributed by atoms with Crippen molar-refractivity contribution >= 4 is 11.8 Å². The Balaban J connectivity index is 1.38. The molecule has 4 rings (SSSR count). The largest absolute Gasteiger partial charge is 0.457 e. The van der Waals surface area contributed by atoms with Crippen LogP contribution in [0.2, 0.25) is 0 Å². The summed E-state index contributed by atoms with van der Waals surface area (Å²) in [5.41, 5.74) is 8.72. The van der Waals surface area contributed by atoms with Crippen LogP contribution in [-0.2, 0) is 0 Å². The van der Waals surface area contributed by atoms with Gasteiger partial charge in [0.2, 0.25) is 5.91 Å². The highest BCUT2D eigenvalue weighted by Gasteiger charge is 2.24. The molecule has 0 aliphatic carbocycles. The second-order valence-electron chi connectivity index (χ2n) is 8.39. The maximum absolute atomic E-state index is 12.8. The molecule has 1 aliphatic heterocycles. The molecule has 1 fully saturated rings. The SMILES string of the molecule is Cc1ccc(C(CNC(=O)c2ccc(Oc3ccc(C(N)=O)cc3)cc2)N2CCCC2)cc1. The number of hydrogen-bond donors (Lipinski definition) is 2. The van der Waals surface area contributed by atoms with Crippen LogP contribution in [0.4, 0.5) is 0 Å². The smallest absolute Gasteiger partial charge is 0.251 e. The molecule has 0 spiro atoms. The molecule has 0 bridgehead atoms. The van der Waals surface area contributed by atoms with Crippen LogP contribution in [0.25, 0.3) is 0 Å². The number of rotatable bonds is 8. The zero-order valence-corrected chi connectivity index (χ0v) is 18.8. The molecule has 0 saturated carbocycles. The molecule has 1 unspecified atom stereocenters. The molecule has 33 heavy (non-hydrogen) atoms. The average molecular weight is 444 g/mol. The van der Waals surface area contributed by atoms with Crippen LogP contribution in [0.5, 0.6) is 11.5 Å². The Morgan fingerprint density at radius 1 is 0.879 bits per heavy atom. The quantitative estimate of drug-likeness (QED) is 0.539. The monoisotopic (exact) mass is 443 g/mol. The lowest BCUT2D eigenvalue weighted by atomic mass is 10.0. The molecule has 3 N–H and O–H groups in total. The molecule has 170 valence electrons. The fourth-order valence-electron chi connectivity index (χ4n) is 4.09. The molecule has 6 heteroatoms. The van der Waals surface area contributed by atoms with Crippen molar-refractivity contribution in [3.8, 4) is 11.5 Å². The third-order valence-electron chi connectivity index (χ3n) is 5.99. The van der Waals surface area contributed by atoms with Crippen molar-refractivity contribution in [2.45, 2.75) is 25.8 Å². The van der Waals surface area contributed by atoms with Crippen molar-refractivity contribution in [3.05, 3.63) is 95.1 Å². The summed E-state index contributed by atoms with van der Waals surface area (Å²) in [5, 5.41) is 3.11. The van der Waals surface area contributed by atoms with E-state index in [0.717, 1.165) is 13.1 Å². The van der Waals surface area contributed by atoms with Crippen molar-refractivity contribution in [2.75, 3.05) is 19.6 Å². The van der Waals surface area contributed by atoms with Gasteiger partial charge in [-0.3, -0.25) is 14.5 Å². The average Bonchev–Trinajstić information content (AvgIpc) is 3.36. The number of nitrogens with zero attached hydrogens (tertiary/aromatic N) is 1. The number of hydrogen-bond acceptors (Lipinski definition) is 4. The summed E-state index contributed by atoms with van der Waals surface area (Å²) in [4.78, 5) is 26.4. The van der Waals surface area contributed by atoms with Crippen molar-refractivity contribution in [3.63, 3.8) is 0 Å². The van der Waals surface area contributed by atoms with E-state index < -0.39 is 5.91 Å². The van der Waals surface area contributed by atoms with E-state index in [2.05, 4.69) is 41.4 Å². The summed E-state index contributed by atoms with van der Waals surface area (Å²) in [7, 11) is 0. The lowest BCUT2D eigenvalue weighted by Gasteiger charge is -2.28. The zero-order chi connectivity index (χ0) is 23.2. The lowest BCUT2D eigenvalue weighted by molar-refractivity contribution is 0.0937. The van der Waals surface area contributed by atoms with Gasteiger partial charge >= 0.3 is 0 Å². The minimum atomic E-state index is -0.480.